The summed E-state index contributed by atoms with van der Waals surface area (Å²) in [6.45, 7) is 5.68. The molecule has 1 saturated heterocycles. The Morgan fingerprint density at radius 1 is 1.15 bits per heavy atom. The Hall–Kier alpha value is -2.54. The Morgan fingerprint density at radius 2 is 1.92 bits per heavy atom. The third kappa shape index (κ3) is 3.14. The van der Waals surface area contributed by atoms with Gasteiger partial charge in [-0.1, -0.05) is 12.1 Å². The van der Waals surface area contributed by atoms with Gasteiger partial charge >= 0.3 is 0 Å². The molecule has 0 N–H and O–H groups in total. The maximum atomic E-state index is 14.0. The molecule has 0 spiro atoms. The van der Waals surface area contributed by atoms with E-state index in [1.54, 1.807) is 17.0 Å². The molecule has 136 valence electrons. The molecule has 0 unspecified atom stereocenters. The monoisotopic (exact) mass is 356 g/mol. The molecule has 1 amide bonds. The van der Waals surface area contributed by atoms with Crippen molar-refractivity contribution in [3.8, 4) is 0 Å². The first-order valence-electron chi connectivity index (χ1n) is 8.86. The summed E-state index contributed by atoms with van der Waals surface area (Å²) < 4.78 is 19.5. The number of rotatable bonds is 2. The van der Waals surface area contributed by atoms with Crippen LogP contribution in [0.25, 0.3) is 0 Å². The van der Waals surface area contributed by atoms with E-state index >= 15 is 0 Å². The van der Waals surface area contributed by atoms with Gasteiger partial charge in [0.15, 0.2) is 0 Å². The van der Waals surface area contributed by atoms with Gasteiger partial charge in [0, 0.05) is 31.6 Å². The van der Waals surface area contributed by atoms with Crippen LogP contribution >= 0.6 is 0 Å². The Morgan fingerprint density at radius 3 is 2.69 bits per heavy atom. The minimum absolute atomic E-state index is 0.108. The van der Waals surface area contributed by atoms with Crippen molar-refractivity contribution in [3.05, 3.63) is 52.7 Å². The van der Waals surface area contributed by atoms with Crippen LogP contribution < -0.4 is 4.90 Å². The van der Waals surface area contributed by atoms with Crippen LogP contribution in [0.3, 0.4) is 0 Å². The summed E-state index contributed by atoms with van der Waals surface area (Å²) in [4.78, 5) is 25.9. The molecular formula is C19H21FN4O2. The lowest BCUT2D eigenvalue weighted by molar-refractivity contribution is 0.0728. The van der Waals surface area contributed by atoms with Crippen molar-refractivity contribution in [1.82, 2.24) is 14.9 Å². The number of aromatic nitrogens is 2. The number of anilines is 1. The summed E-state index contributed by atoms with van der Waals surface area (Å²) in [6, 6.07) is 6.11. The van der Waals surface area contributed by atoms with E-state index in [1.807, 2.05) is 6.92 Å². The summed E-state index contributed by atoms with van der Waals surface area (Å²) in [5, 5.41) is 0. The number of aryl methyl sites for hydroxylation is 1. The number of amides is 1. The molecule has 2 aliphatic rings. The number of carbonyl (C=O) groups is 1. The highest BCUT2D eigenvalue weighted by Crippen LogP contribution is 2.28. The van der Waals surface area contributed by atoms with Gasteiger partial charge in [-0.2, -0.15) is 0 Å². The summed E-state index contributed by atoms with van der Waals surface area (Å²) in [5.74, 6) is 0.833. The van der Waals surface area contributed by atoms with Gasteiger partial charge in [0.2, 0.25) is 0 Å². The van der Waals surface area contributed by atoms with Crippen LogP contribution in [-0.2, 0) is 17.7 Å². The fourth-order valence-electron chi connectivity index (χ4n) is 3.53. The SMILES string of the molecule is Cc1nc2c(c(N3CCOCC3)n1)CN(C(=O)c1ccccc1F)CC2. The second-order valence-electron chi connectivity index (χ2n) is 6.58. The Bertz CT molecular complexity index is 836. The molecule has 2 aliphatic heterocycles. The van der Waals surface area contributed by atoms with Crippen molar-refractivity contribution < 1.29 is 13.9 Å². The topological polar surface area (TPSA) is 58.6 Å². The molecule has 0 bridgehead atoms. The van der Waals surface area contributed by atoms with Crippen molar-refractivity contribution in [3.63, 3.8) is 0 Å². The van der Waals surface area contributed by atoms with E-state index in [0.717, 1.165) is 36.0 Å². The first kappa shape index (κ1) is 16.9. The molecule has 26 heavy (non-hydrogen) atoms. The number of halogens is 1. The smallest absolute Gasteiger partial charge is 0.257 e. The fraction of sp³-hybridized carbons (Fsp3) is 0.421. The summed E-state index contributed by atoms with van der Waals surface area (Å²) >= 11 is 0. The zero-order valence-electron chi connectivity index (χ0n) is 14.7. The van der Waals surface area contributed by atoms with Crippen LogP contribution in [0.2, 0.25) is 0 Å². The molecule has 2 aromatic rings. The number of carbonyl (C=O) groups excluding carboxylic acids is 1. The van der Waals surface area contributed by atoms with Gasteiger partial charge < -0.3 is 14.5 Å². The minimum Gasteiger partial charge on any atom is -0.378 e. The molecule has 6 nitrogen and oxygen atoms in total. The number of ether oxygens (including phenoxy) is 1. The number of morpholine rings is 1. The molecule has 0 aliphatic carbocycles. The number of fused-ring (bicyclic) bond motifs is 1. The molecule has 1 aromatic carbocycles. The molecule has 3 heterocycles. The van der Waals surface area contributed by atoms with Crippen molar-refractivity contribution >= 4 is 11.7 Å². The van der Waals surface area contributed by atoms with Crippen molar-refractivity contribution in [2.45, 2.75) is 19.9 Å². The number of benzene rings is 1. The van der Waals surface area contributed by atoms with Crippen molar-refractivity contribution in [1.29, 1.82) is 0 Å². The van der Waals surface area contributed by atoms with Gasteiger partial charge in [-0.15, -0.1) is 0 Å². The highest BCUT2D eigenvalue weighted by molar-refractivity contribution is 5.94. The Kier molecular flexibility index (Phi) is 4.55. The standard InChI is InChI=1S/C19H21FN4O2/c1-13-21-17-6-7-24(19(25)14-4-2-3-5-16(14)20)12-15(17)18(22-13)23-8-10-26-11-9-23/h2-5H,6-12H2,1H3. The van der Waals surface area contributed by atoms with E-state index in [2.05, 4.69) is 14.9 Å². The molecule has 0 atom stereocenters. The summed E-state index contributed by atoms with van der Waals surface area (Å²) in [5.41, 5.74) is 2.06. The summed E-state index contributed by atoms with van der Waals surface area (Å²) in [7, 11) is 0. The maximum absolute atomic E-state index is 14.0. The van der Waals surface area contributed by atoms with E-state index in [1.165, 1.54) is 12.1 Å². The normalized spacial score (nSPS) is 17.2. The second kappa shape index (κ2) is 6.99. The van der Waals surface area contributed by atoms with Crippen LogP contribution in [-0.4, -0.2) is 53.6 Å². The molecule has 1 fully saturated rings. The first-order chi connectivity index (χ1) is 12.6. The van der Waals surface area contributed by atoms with Gasteiger partial charge in [-0.3, -0.25) is 4.79 Å². The predicted molar refractivity (Wildman–Crippen MR) is 94.6 cm³/mol. The largest absolute Gasteiger partial charge is 0.378 e. The van der Waals surface area contributed by atoms with E-state index in [9.17, 15) is 9.18 Å². The molecule has 7 heteroatoms. The Balaban J connectivity index is 1.65. The minimum atomic E-state index is -0.489. The van der Waals surface area contributed by atoms with Gasteiger partial charge in [-0.25, -0.2) is 14.4 Å². The molecule has 1 aromatic heterocycles. The van der Waals surface area contributed by atoms with E-state index < -0.39 is 5.82 Å². The van der Waals surface area contributed by atoms with Crippen LogP contribution in [0.4, 0.5) is 10.2 Å². The van der Waals surface area contributed by atoms with Gasteiger partial charge in [-0.05, 0) is 19.1 Å². The van der Waals surface area contributed by atoms with Gasteiger partial charge in [0.05, 0.1) is 31.0 Å². The third-order valence-electron chi connectivity index (χ3n) is 4.85. The molecule has 4 rings (SSSR count). The lowest BCUT2D eigenvalue weighted by Crippen LogP contribution is -2.41. The average molecular weight is 356 g/mol. The number of hydrogen-bond acceptors (Lipinski definition) is 5. The Labute approximate surface area is 151 Å². The lowest BCUT2D eigenvalue weighted by Gasteiger charge is -2.34. The van der Waals surface area contributed by atoms with Crippen molar-refractivity contribution in [2.75, 3.05) is 37.7 Å². The molecule has 0 saturated carbocycles. The number of nitrogens with zero attached hydrogens (tertiary/aromatic N) is 4. The quantitative estimate of drug-likeness (QED) is 0.823. The van der Waals surface area contributed by atoms with Gasteiger partial charge in [0.25, 0.3) is 5.91 Å². The predicted octanol–water partition coefficient (Wildman–Crippen LogP) is 1.96. The zero-order valence-corrected chi connectivity index (χ0v) is 14.7. The average Bonchev–Trinajstić information content (AvgIpc) is 2.67. The van der Waals surface area contributed by atoms with E-state index in [0.29, 0.717) is 32.7 Å². The van der Waals surface area contributed by atoms with E-state index in [4.69, 9.17) is 4.74 Å². The third-order valence-corrected chi connectivity index (χ3v) is 4.85. The highest BCUT2D eigenvalue weighted by Gasteiger charge is 2.29. The second-order valence-corrected chi connectivity index (χ2v) is 6.58. The van der Waals surface area contributed by atoms with Crippen LogP contribution in [0.15, 0.2) is 24.3 Å². The zero-order chi connectivity index (χ0) is 18.1. The highest BCUT2D eigenvalue weighted by atomic mass is 19.1. The van der Waals surface area contributed by atoms with Gasteiger partial charge in [0.1, 0.15) is 17.5 Å². The first-order valence-corrected chi connectivity index (χ1v) is 8.86. The van der Waals surface area contributed by atoms with Crippen LogP contribution in [0.1, 0.15) is 27.4 Å². The summed E-state index contributed by atoms with van der Waals surface area (Å²) in [6.07, 6.45) is 0.649. The van der Waals surface area contributed by atoms with Crippen LogP contribution in [0.5, 0.6) is 0 Å². The maximum Gasteiger partial charge on any atom is 0.257 e. The van der Waals surface area contributed by atoms with Crippen molar-refractivity contribution in [2.24, 2.45) is 0 Å². The molecular weight excluding hydrogens is 335 g/mol. The molecule has 0 radical (unpaired) electrons. The lowest BCUT2D eigenvalue weighted by atomic mass is 10.0. The fourth-order valence-corrected chi connectivity index (χ4v) is 3.53. The van der Waals surface area contributed by atoms with Crippen LogP contribution in [0, 0.1) is 12.7 Å². The van der Waals surface area contributed by atoms with E-state index in [-0.39, 0.29) is 11.5 Å². The number of hydrogen-bond donors (Lipinski definition) is 0.